The first-order valence-electron chi connectivity index (χ1n) is 6.01. The van der Waals surface area contributed by atoms with Crippen molar-refractivity contribution < 1.29 is 9.13 Å². The Morgan fingerprint density at radius 3 is 2.72 bits per heavy atom. The van der Waals surface area contributed by atoms with Crippen LogP contribution in [0.25, 0.3) is 0 Å². The Morgan fingerprint density at radius 1 is 1.50 bits per heavy atom. The number of benzene rings is 1. The minimum absolute atomic E-state index is 0.0879. The fourth-order valence-electron chi connectivity index (χ4n) is 1.79. The molecular formula is C13H20ClFN2O. The number of rotatable bonds is 6. The van der Waals surface area contributed by atoms with Crippen LogP contribution in [0.5, 0.6) is 0 Å². The van der Waals surface area contributed by atoms with Gasteiger partial charge in [-0.15, -0.1) is 0 Å². The number of nitrogen functional groups attached to an aromatic ring is 1. The quantitative estimate of drug-likeness (QED) is 0.809. The number of methoxy groups -OCH3 is 1. The highest BCUT2D eigenvalue weighted by atomic mass is 35.5. The number of halogens is 2. The van der Waals surface area contributed by atoms with Gasteiger partial charge in [-0.25, -0.2) is 4.39 Å². The second-order valence-corrected chi connectivity index (χ2v) is 4.68. The lowest BCUT2D eigenvalue weighted by Crippen LogP contribution is -2.36. The lowest BCUT2D eigenvalue weighted by molar-refractivity contribution is 0.203. The van der Waals surface area contributed by atoms with Crippen LogP contribution >= 0.6 is 11.6 Å². The third-order valence-electron chi connectivity index (χ3n) is 3.04. The Balaban J connectivity index is 3.07. The first-order chi connectivity index (χ1) is 8.51. The van der Waals surface area contributed by atoms with Crippen molar-refractivity contribution in [3.8, 4) is 0 Å². The Bertz CT molecular complexity index is 401. The van der Waals surface area contributed by atoms with E-state index < -0.39 is 5.82 Å². The summed E-state index contributed by atoms with van der Waals surface area (Å²) in [5.41, 5.74) is 7.03. The molecule has 0 aliphatic rings. The molecule has 18 heavy (non-hydrogen) atoms. The molecule has 2 N–H and O–H groups in total. The van der Waals surface area contributed by atoms with E-state index >= 15 is 0 Å². The summed E-state index contributed by atoms with van der Waals surface area (Å²) in [6.45, 7) is 5.45. The Morgan fingerprint density at radius 2 is 2.17 bits per heavy atom. The zero-order valence-electron chi connectivity index (χ0n) is 11.0. The molecule has 0 fully saturated rings. The van der Waals surface area contributed by atoms with E-state index in [0.717, 1.165) is 12.1 Å². The van der Waals surface area contributed by atoms with Crippen LogP contribution in [0, 0.1) is 5.82 Å². The van der Waals surface area contributed by atoms with E-state index in [1.807, 2.05) is 0 Å². The maximum atomic E-state index is 13.3. The van der Waals surface area contributed by atoms with Crippen molar-refractivity contribution in [3.63, 3.8) is 0 Å². The molecule has 0 radical (unpaired) electrons. The van der Waals surface area contributed by atoms with Gasteiger partial charge in [-0.1, -0.05) is 18.5 Å². The minimum Gasteiger partial charge on any atom is -0.397 e. The topological polar surface area (TPSA) is 38.5 Å². The molecule has 0 aromatic heterocycles. The molecule has 1 unspecified atom stereocenters. The molecule has 0 aliphatic carbocycles. The van der Waals surface area contributed by atoms with Crippen LogP contribution < -0.4 is 10.6 Å². The Labute approximate surface area is 113 Å². The maximum Gasteiger partial charge on any atom is 0.143 e. The van der Waals surface area contributed by atoms with Crippen molar-refractivity contribution >= 4 is 23.0 Å². The zero-order chi connectivity index (χ0) is 13.7. The van der Waals surface area contributed by atoms with Gasteiger partial charge in [0.05, 0.1) is 23.0 Å². The van der Waals surface area contributed by atoms with E-state index in [1.165, 1.54) is 6.07 Å². The zero-order valence-corrected chi connectivity index (χ0v) is 11.8. The van der Waals surface area contributed by atoms with Gasteiger partial charge in [-0.2, -0.15) is 0 Å². The summed E-state index contributed by atoms with van der Waals surface area (Å²) < 4.78 is 18.4. The molecule has 102 valence electrons. The third kappa shape index (κ3) is 3.50. The lowest BCUT2D eigenvalue weighted by Gasteiger charge is -2.31. The van der Waals surface area contributed by atoms with Gasteiger partial charge >= 0.3 is 0 Å². The fraction of sp³-hybridized carbons (Fsp3) is 0.538. The van der Waals surface area contributed by atoms with Crippen LogP contribution in [0.3, 0.4) is 0 Å². The van der Waals surface area contributed by atoms with Gasteiger partial charge in [-0.05, 0) is 19.4 Å². The normalized spacial score (nSPS) is 12.5. The van der Waals surface area contributed by atoms with Crippen LogP contribution in [-0.4, -0.2) is 26.3 Å². The molecule has 0 aliphatic heterocycles. The van der Waals surface area contributed by atoms with Gasteiger partial charge in [0.15, 0.2) is 0 Å². The molecule has 1 atom stereocenters. The summed E-state index contributed by atoms with van der Waals surface area (Å²) in [6, 6.07) is 3.12. The molecule has 5 heteroatoms. The predicted octanol–water partition coefficient (Wildman–Crippen LogP) is 3.31. The number of anilines is 2. The standard InChI is InChI=1S/C13H20ClFN2O/c1-4-9(2)17(5-6-18-3)13-7-10(14)11(15)8-12(13)16/h7-9H,4-6,16H2,1-3H3. The second-order valence-electron chi connectivity index (χ2n) is 4.27. The molecule has 0 saturated heterocycles. The van der Waals surface area contributed by atoms with Gasteiger partial charge < -0.3 is 15.4 Å². The Hall–Kier alpha value is -1.00. The maximum absolute atomic E-state index is 13.3. The summed E-state index contributed by atoms with van der Waals surface area (Å²) in [5.74, 6) is -0.492. The molecule has 3 nitrogen and oxygen atoms in total. The average molecular weight is 275 g/mol. The number of nitrogens with two attached hydrogens (primary N) is 1. The first kappa shape index (κ1) is 15.1. The molecule has 0 spiro atoms. The first-order valence-corrected chi connectivity index (χ1v) is 6.39. The van der Waals surface area contributed by atoms with E-state index in [4.69, 9.17) is 22.1 Å². The molecule has 0 saturated carbocycles. The van der Waals surface area contributed by atoms with Crippen molar-refractivity contribution in [1.82, 2.24) is 0 Å². The van der Waals surface area contributed by atoms with Gasteiger partial charge in [0.2, 0.25) is 0 Å². The SMILES string of the molecule is CCC(C)N(CCOC)c1cc(Cl)c(F)cc1N. The molecular weight excluding hydrogens is 255 g/mol. The van der Waals surface area contributed by atoms with Crippen molar-refractivity contribution in [2.45, 2.75) is 26.3 Å². The number of hydrogen-bond acceptors (Lipinski definition) is 3. The number of nitrogens with zero attached hydrogens (tertiary/aromatic N) is 1. The summed E-state index contributed by atoms with van der Waals surface area (Å²) in [6.07, 6.45) is 0.956. The van der Waals surface area contributed by atoms with Crippen LogP contribution in [0.15, 0.2) is 12.1 Å². The summed E-state index contributed by atoms with van der Waals surface area (Å²) in [4.78, 5) is 2.09. The van der Waals surface area contributed by atoms with E-state index in [1.54, 1.807) is 13.2 Å². The van der Waals surface area contributed by atoms with Gasteiger partial charge in [0.1, 0.15) is 5.82 Å². The van der Waals surface area contributed by atoms with E-state index in [0.29, 0.717) is 18.8 Å². The van der Waals surface area contributed by atoms with Gasteiger partial charge in [0, 0.05) is 25.8 Å². The van der Waals surface area contributed by atoms with Gasteiger partial charge in [-0.3, -0.25) is 0 Å². The minimum atomic E-state index is -0.492. The monoisotopic (exact) mass is 274 g/mol. The highest BCUT2D eigenvalue weighted by Gasteiger charge is 2.17. The van der Waals surface area contributed by atoms with Crippen molar-refractivity contribution in [3.05, 3.63) is 23.0 Å². The highest BCUT2D eigenvalue weighted by molar-refractivity contribution is 6.31. The Kier molecular flexibility index (Phi) is 5.69. The average Bonchev–Trinajstić information content (AvgIpc) is 2.35. The highest BCUT2D eigenvalue weighted by Crippen LogP contribution is 2.31. The van der Waals surface area contributed by atoms with E-state index in [9.17, 15) is 4.39 Å². The predicted molar refractivity (Wildman–Crippen MR) is 74.8 cm³/mol. The molecule has 0 heterocycles. The number of hydrogen-bond donors (Lipinski definition) is 1. The lowest BCUT2D eigenvalue weighted by atomic mass is 10.1. The van der Waals surface area contributed by atoms with Crippen molar-refractivity contribution in [2.24, 2.45) is 0 Å². The molecule has 1 rings (SSSR count). The van der Waals surface area contributed by atoms with E-state index in [-0.39, 0.29) is 11.1 Å². The molecule has 0 amide bonds. The van der Waals surface area contributed by atoms with Crippen LogP contribution in [0.1, 0.15) is 20.3 Å². The van der Waals surface area contributed by atoms with Crippen LogP contribution in [0.2, 0.25) is 5.02 Å². The molecule has 1 aromatic rings. The molecule has 0 bridgehead atoms. The van der Waals surface area contributed by atoms with Crippen molar-refractivity contribution in [1.29, 1.82) is 0 Å². The summed E-state index contributed by atoms with van der Waals surface area (Å²) in [7, 11) is 1.65. The fourth-order valence-corrected chi connectivity index (χ4v) is 1.95. The van der Waals surface area contributed by atoms with E-state index in [2.05, 4.69) is 18.7 Å². The summed E-state index contributed by atoms with van der Waals surface area (Å²) >= 11 is 5.82. The van der Waals surface area contributed by atoms with Crippen molar-refractivity contribution in [2.75, 3.05) is 30.9 Å². The van der Waals surface area contributed by atoms with Gasteiger partial charge in [0.25, 0.3) is 0 Å². The smallest absolute Gasteiger partial charge is 0.143 e. The summed E-state index contributed by atoms with van der Waals surface area (Å²) in [5, 5.41) is 0.0879. The second kappa shape index (κ2) is 6.81. The van der Waals surface area contributed by atoms with Crippen LogP contribution in [0.4, 0.5) is 15.8 Å². The number of ether oxygens (including phenoxy) is 1. The third-order valence-corrected chi connectivity index (χ3v) is 3.33. The largest absolute Gasteiger partial charge is 0.397 e. The molecule has 1 aromatic carbocycles. The van der Waals surface area contributed by atoms with Crippen LogP contribution in [-0.2, 0) is 4.74 Å².